The summed E-state index contributed by atoms with van der Waals surface area (Å²) in [5.41, 5.74) is 1.84. The number of benzene rings is 1. The number of fused-ring (bicyclic) bond motifs is 1. The molecule has 14 heavy (non-hydrogen) atoms. The van der Waals surface area contributed by atoms with Crippen LogP contribution in [0.15, 0.2) is 30.5 Å². The number of aliphatic hydroxyl groups excluding tert-OH is 1. The van der Waals surface area contributed by atoms with Gasteiger partial charge in [0.05, 0.1) is 6.10 Å². The van der Waals surface area contributed by atoms with Crippen molar-refractivity contribution in [3.63, 3.8) is 0 Å². The van der Waals surface area contributed by atoms with Crippen molar-refractivity contribution in [1.82, 2.24) is 4.98 Å². The lowest BCUT2D eigenvalue weighted by atomic mass is 10.0. The van der Waals surface area contributed by atoms with Crippen LogP contribution in [0, 0.1) is 6.92 Å². The van der Waals surface area contributed by atoms with Crippen LogP contribution < -0.4 is 0 Å². The molecule has 0 aliphatic heterocycles. The Morgan fingerprint density at radius 2 is 2.00 bits per heavy atom. The van der Waals surface area contributed by atoms with Crippen LogP contribution in [0.4, 0.5) is 0 Å². The average molecular weight is 187 g/mol. The van der Waals surface area contributed by atoms with Gasteiger partial charge in [-0.25, -0.2) is 0 Å². The number of hydrogen-bond donors (Lipinski definition) is 1. The number of aromatic nitrogens is 1. The van der Waals surface area contributed by atoms with Crippen molar-refractivity contribution in [1.29, 1.82) is 0 Å². The van der Waals surface area contributed by atoms with E-state index in [1.165, 1.54) is 0 Å². The van der Waals surface area contributed by atoms with Gasteiger partial charge in [-0.1, -0.05) is 24.3 Å². The summed E-state index contributed by atoms with van der Waals surface area (Å²) in [4.78, 5) is 4.27. The van der Waals surface area contributed by atoms with E-state index in [0.29, 0.717) is 0 Å². The molecule has 1 unspecified atom stereocenters. The molecule has 1 aromatic carbocycles. The van der Waals surface area contributed by atoms with Crippen LogP contribution in [0.3, 0.4) is 0 Å². The molecule has 0 radical (unpaired) electrons. The summed E-state index contributed by atoms with van der Waals surface area (Å²) in [6, 6.07) is 7.98. The Kier molecular flexibility index (Phi) is 2.22. The molecule has 1 N–H and O–H groups in total. The Hall–Kier alpha value is -1.41. The summed E-state index contributed by atoms with van der Waals surface area (Å²) in [7, 11) is 0. The molecule has 1 aromatic heterocycles. The van der Waals surface area contributed by atoms with Gasteiger partial charge < -0.3 is 5.11 Å². The Balaban J connectivity index is 2.83. The Labute approximate surface area is 83.2 Å². The highest BCUT2D eigenvalue weighted by Crippen LogP contribution is 2.25. The van der Waals surface area contributed by atoms with Crippen molar-refractivity contribution in [3.8, 4) is 0 Å². The maximum absolute atomic E-state index is 9.66. The quantitative estimate of drug-likeness (QED) is 0.744. The van der Waals surface area contributed by atoms with E-state index in [4.69, 9.17) is 0 Å². The second-order valence-corrected chi connectivity index (χ2v) is 3.52. The fourth-order valence-electron chi connectivity index (χ4n) is 1.81. The first-order valence-corrected chi connectivity index (χ1v) is 4.72. The van der Waals surface area contributed by atoms with Crippen LogP contribution >= 0.6 is 0 Å². The topological polar surface area (TPSA) is 33.1 Å². The van der Waals surface area contributed by atoms with Gasteiger partial charge in [0.25, 0.3) is 0 Å². The first-order chi connectivity index (χ1) is 6.70. The van der Waals surface area contributed by atoms with Crippen molar-refractivity contribution in [2.24, 2.45) is 0 Å². The summed E-state index contributed by atoms with van der Waals surface area (Å²) in [6.07, 6.45) is 1.38. The van der Waals surface area contributed by atoms with Crippen molar-refractivity contribution in [2.75, 3.05) is 0 Å². The maximum atomic E-state index is 9.66. The van der Waals surface area contributed by atoms with E-state index in [0.717, 1.165) is 22.0 Å². The SMILES string of the molecule is Cc1ncc2ccccc2c1C(C)O. The van der Waals surface area contributed by atoms with Crippen LogP contribution in [0.5, 0.6) is 0 Å². The highest BCUT2D eigenvalue weighted by atomic mass is 16.3. The zero-order valence-corrected chi connectivity index (χ0v) is 8.36. The fraction of sp³-hybridized carbons (Fsp3) is 0.250. The first kappa shape index (κ1) is 9.16. The molecule has 1 heterocycles. The number of aliphatic hydroxyl groups is 1. The minimum atomic E-state index is -0.464. The van der Waals surface area contributed by atoms with Crippen molar-refractivity contribution >= 4 is 10.8 Å². The molecule has 2 heteroatoms. The smallest absolute Gasteiger partial charge is 0.0785 e. The summed E-state index contributed by atoms with van der Waals surface area (Å²) in [5, 5.41) is 11.8. The average Bonchev–Trinajstić information content (AvgIpc) is 2.17. The van der Waals surface area contributed by atoms with E-state index in [1.807, 2.05) is 37.4 Å². The van der Waals surface area contributed by atoms with Crippen molar-refractivity contribution in [2.45, 2.75) is 20.0 Å². The predicted octanol–water partition coefficient (Wildman–Crippen LogP) is 2.60. The lowest BCUT2D eigenvalue weighted by Gasteiger charge is -2.11. The zero-order chi connectivity index (χ0) is 10.1. The van der Waals surface area contributed by atoms with Crippen LogP contribution in [0.2, 0.25) is 0 Å². The molecule has 0 amide bonds. The summed E-state index contributed by atoms with van der Waals surface area (Å²) >= 11 is 0. The molecule has 0 saturated heterocycles. The molecule has 0 bridgehead atoms. The van der Waals surface area contributed by atoms with Gasteiger partial charge in [0, 0.05) is 22.8 Å². The van der Waals surface area contributed by atoms with Crippen molar-refractivity contribution in [3.05, 3.63) is 41.7 Å². The minimum Gasteiger partial charge on any atom is -0.389 e. The molecule has 1 atom stereocenters. The molecule has 0 aliphatic carbocycles. The van der Waals surface area contributed by atoms with E-state index in [2.05, 4.69) is 4.98 Å². The third-order valence-electron chi connectivity index (χ3n) is 2.46. The minimum absolute atomic E-state index is 0.464. The van der Waals surface area contributed by atoms with Crippen molar-refractivity contribution < 1.29 is 5.11 Å². The monoisotopic (exact) mass is 187 g/mol. The molecule has 0 aliphatic rings. The normalized spacial score (nSPS) is 13.1. The van der Waals surface area contributed by atoms with Gasteiger partial charge >= 0.3 is 0 Å². The molecule has 2 rings (SSSR count). The van der Waals surface area contributed by atoms with E-state index in [9.17, 15) is 5.11 Å². The highest BCUT2D eigenvalue weighted by molar-refractivity contribution is 5.85. The highest BCUT2D eigenvalue weighted by Gasteiger charge is 2.09. The third-order valence-corrected chi connectivity index (χ3v) is 2.46. The molecular formula is C12H13NO. The van der Waals surface area contributed by atoms with Crippen LogP contribution in [0.25, 0.3) is 10.8 Å². The summed E-state index contributed by atoms with van der Waals surface area (Å²) in [5.74, 6) is 0. The maximum Gasteiger partial charge on any atom is 0.0785 e. The van der Waals surface area contributed by atoms with Gasteiger partial charge in [-0.15, -0.1) is 0 Å². The number of rotatable bonds is 1. The van der Waals surface area contributed by atoms with Crippen LogP contribution in [0.1, 0.15) is 24.3 Å². The fourth-order valence-corrected chi connectivity index (χ4v) is 1.81. The van der Waals surface area contributed by atoms with Gasteiger partial charge in [0.2, 0.25) is 0 Å². The molecule has 72 valence electrons. The second-order valence-electron chi connectivity index (χ2n) is 3.52. The lowest BCUT2D eigenvalue weighted by Crippen LogP contribution is -1.98. The molecule has 2 nitrogen and oxygen atoms in total. The number of aryl methyl sites for hydroxylation is 1. The largest absolute Gasteiger partial charge is 0.389 e. The van der Waals surface area contributed by atoms with Gasteiger partial charge in [0.1, 0.15) is 0 Å². The van der Waals surface area contributed by atoms with Gasteiger partial charge in [-0.05, 0) is 19.2 Å². The van der Waals surface area contributed by atoms with Crippen LogP contribution in [-0.2, 0) is 0 Å². The van der Waals surface area contributed by atoms with Gasteiger partial charge in [-0.2, -0.15) is 0 Å². The van der Waals surface area contributed by atoms with Crippen LogP contribution in [-0.4, -0.2) is 10.1 Å². The lowest BCUT2D eigenvalue weighted by molar-refractivity contribution is 0.199. The standard InChI is InChI=1S/C12H13NO/c1-8-12(9(2)14)11-6-4-3-5-10(11)7-13-8/h3-7,9,14H,1-2H3. The van der Waals surface area contributed by atoms with E-state index < -0.39 is 6.10 Å². The predicted molar refractivity (Wildman–Crippen MR) is 57.1 cm³/mol. The van der Waals surface area contributed by atoms with Gasteiger partial charge in [-0.3, -0.25) is 4.98 Å². The second kappa shape index (κ2) is 3.39. The van der Waals surface area contributed by atoms with E-state index >= 15 is 0 Å². The molecule has 0 spiro atoms. The summed E-state index contributed by atoms with van der Waals surface area (Å²) < 4.78 is 0. The van der Waals surface area contributed by atoms with E-state index in [1.54, 1.807) is 6.92 Å². The number of pyridine rings is 1. The van der Waals surface area contributed by atoms with Gasteiger partial charge in [0.15, 0.2) is 0 Å². The first-order valence-electron chi connectivity index (χ1n) is 4.72. The molecular weight excluding hydrogens is 174 g/mol. The van der Waals surface area contributed by atoms with E-state index in [-0.39, 0.29) is 0 Å². The molecule has 0 saturated carbocycles. The summed E-state index contributed by atoms with van der Waals surface area (Å²) in [6.45, 7) is 3.70. The Bertz CT molecular complexity index is 463. The third kappa shape index (κ3) is 1.38. The molecule has 2 aromatic rings. The number of hydrogen-bond acceptors (Lipinski definition) is 2. The Morgan fingerprint density at radius 3 is 2.71 bits per heavy atom. The zero-order valence-electron chi connectivity index (χ0n) is 8.36. The number of nitrogens with zero attached hydrogens (tertiary/aromatic N) is 1. The molecule has 0 fully saturated rings. The Morgan fingerprint density at radius 1 is 1.29 bits per heavy atom.